The monoisotopic (exact) mass is 627 g/mol. The van der Waals surface area contributed by atoms with Crippen LogP contribution >= 0.6 is 11.3 Å². The Morgan fingerprint density at radius 3 is 2.63 bits per heavy atom. The molecule has 3 aliphatic rings. The summed E-state index contributed by atoms with van der Waals surface area (Å²) in [6.07, 6.45) is 2.62. The zero-order valence-electron chi connectivity index (χ0n) is 22.8. The van der Waals surface area contributed by atoms with Gasteiger partial charge in [-0.05, 0) is 57.2 Å². The lowest BCUT2D eigenvalue weighted by Crippen LogP contribution is -2.46. The first kappa shape index (κ1) is 28.1. The number of halogens is 2. The molecule has 1 aliphatic carbocycles. The van der Waals surface area contributed by atoms with Crippen LogP contribution in [0.15, 0.2) is 29.4 Å². The standard InChI is InChI=1S/C27H27F2N9O3S2/c28-22(29)24-34-35-26(42-24)38-19-12-16(43(40,41)36-27(13-30)7-8-27)3-4-17(19)20-21(32-14-33-23(20)38)15-5-10-37(11-6-15)25(39)18-2-1-9-31-18/h3-4,12,14-15,18,22,31,36H,1-2,5-11H2/t18-/m1/s1. The first-order chi connectivity index (χ1) is 20.7. The van der Waals surface area contributed by atoms with Crippen LogP contribution in [-0.2, 0) is 14.8 Å². The summed E-state index contributed by atoms with van der Waals surface area (Å²) >= 11 is 0.694. The highest BCUT2D eigenvalue weighted by molar-refractivity contribution is 7.89. The molecule has 16 heteroatoms. The molecular formula is C27H27F2N9O3S2. The highest BCUT2D eigenvalue weighted by atomic mass is 32.2. The summed E-state index contributed by atoms with van der Waals surface area (Å²) in [5.74, 6) is 0.116. The van der Waals surface area contributed by atoms with Crippen LogP contribution in [0.2, 0.25) is 0 Å². The predicted molar refractivity (Wildman–Crippen MR) is 152 cm³/mol. The molecule has 1 amide bonds. The van der Waals surface area contributed by atoms with Gasteiger partial charge in [-0.3, -0.25) is 9.36 Å². The number of fused-ring (bicyclic) bond motifs is 3. The van der Waals surface area contributed by atoms with E-state index in [0.717, 1.165) is 25.1 Å². The van der Waals surface area contributed by atoms with Crippen LogP contribution in [-0.4, -0.2) is 75.2 Å². The Kier molecular flexibility index (Phi) is 6.88. The van der Waals surface area contributed by atoms with Gasteiger partial charge in [0.05, 0.1) is 28.2 Å². The van der Waals surface area contributed by atoms with E-state index in [1.54, 1.807) is 10.6 Å². The molecule has 4 aromatic rings. The van der Waals surface area contributed by atoms with Gasteiger partial charge in [-0.2, -0.15) is 9.98 Å². The molecule has 2 saturated heterocycles. The number of carbonyl (C=O) groups is 1. The van der Waals surface area contributed by atoms with Crippen molar-refractivity contribution in [1.82, 2.24) is 39.7 Å². The van der Waals surface area contributed by atoms with Crippen LogP contribution in [0.25, 0.3) is 27.1 Å². The molecule has 0 radical (unpaired) electrons. The van der Waals surface area contributed by atoms with Crippen LogP contribution < -0.4 is 10.0 Å². The Balaban J connectivity index is 1.31. The molecule has 2 N–H and O–H groups in total. The maximum atomic E-state index is 13.5. The van der Waals surface area contributed by atoms with Crippen LogP contribution in [0.1, 0.15) is 61.6 Å². The largest absolute Gasteiger partial charge is 0.341 e. The van der Waals surface area contributed by atoms with E-state index in [-0.39, 0.29) is 27.9 Å². The number of amides is 1. The molecule has 0 unspecified atom stereocenters. The van der Waals surface area contributed by atoms with E-state index in [2.05, 4.69) is 30.2 Å². The molecule has 5 heterocycles. The molecule has 7 rings (SSSR count). The summed E-state index contributed by atoms with van der Waals surface area (Å²) in [5.41, 5.74) is 0.407. The number of piperidine rings is 1. The summed E-state index contributed by atoms with van der Waals surface area (Å²) in [5, 5.41) is 21.3. The maximum absolute atomic E-state index is 13.5. The van der Waals surface area contributed by atoms with Crippen molar-refractivity contribution in [3.63, 3.8) is 0 Å². The zero-order chi connectivity index (χ0) is 29.9. The number of benzene rings is 1. The van der Waals surface area contributed by atoms with E-state index in [9.17, 15) is 27.3 Å². The average molecular weight is 628 g/mol. The molecule has 0 spiro atoms. The number of likely N-dealkylation sites (tertiary alicyclic amines) is 1. The van der Waals surface area contributed by atoms with Crippen LogP contribution in [0.4, 0.5) is 8.78 Å². The van der Waals surface area contributed by atoms with Crippen molar-refractivity contribution >= 4 is 49.2 Å². The molecule has 43 heavy (non-hydrogen) atoms. The van der Waals surface area contributed by atoms with Gasteiger partial charge in [-0.15, -0.1) is 10.2 Å². The summed E-state index contributed by atoms with van der Waals surface area (Å²) < 4.78 is 57.6. The molecule has 1 saturated carbocycles. The minimum absolute atomic E-state index is 0.00777. The number of alkyl halides is 2. The van der Waals surface area contributed by atoms with E-state index >= 15 is 0 Å². The van der Waals surface area contributed by atoms with Gasteiger partial charge in [0.1, 0.15) is 11.9 Å². The lowest BCUT2D eigenvalue weighted by molar-refractivity contribution is -0.134. The molecular weight excluding hydrogens is 600 g/mol. The quantitative estimate of drug-likeness (QED) is 0.314. The lowest BCUT2D eigenvalue weighted by atomic mass is 9.90. The number of sulfonamides is 1. The smallest absolute Gasteiger partial charge is 0.291 e. The summed E-state index contributed by atoms with van der Waals surface area (Å²) in [4.78, 5) is 23.9. The first-order valence-corrected chi connectivity index (χ1v) is 16.4. The SMILES string of the molecule is N#CC1(NS(=O)(=O)c2ccc3c4c(C5CCN(C(=O)[C@H]6CCCN6)CC5)ncnc4n(-c4nnc(C(F)F)s4)c3c2)CC1. The molecule has 3 fully saturated rings. The van der Waals surface area contributed by atoms with E-state index in [4.69, 9.17) is 0 Å². The molecule has 12 nitrogen and oxygen atoms in total. The first-order valence-electron chi connectivity index (χ1n) is 14.1. The van der Waals surface area contributed by atoms with Crippen molar-refractivity contribution in [1.29, 1.82) is 5.26 Å². The third-order valence-corrected chi connectivity index (χ3v) is 11.0. The van der Waals surface area contributed by atoms with Crippen molar-refractivity contribution in [3.05, 3.63) is 35.2 Å². The van der Waals surface area contributed by atoms with Crippen molar-refractivity contribution in [2.24, 2.45) is 0 Å². The van der Waals surface area contributed by atoms with Gasteiger partial charge in [-0.25, -0.2) is 27.2 Å². The fourth-order valence-corrected chi connectivity index (χ4v) is 8.19. The highest BCUT2D eigenvalue weighted by Gasteiger charge is 2.47. The number of carbonyl (C=O) groups excluding carboxylic acids is 1. The Bertz CT molecular complexity index is 1880. The molecule has 2 aliphatic heterocycles. The molecule has 1 atom stereocenters. The summed E-state index contributed by atoms with van der Waals surface area (Å²) in [6.45, 7) is 2.00. The van der Waals surface area contributed by atoms with Crippen LogP contribution in [0, 0.1) is 11.3 Å². The zero-order valence-corrected chi connectivity index (χ0v) is 24.5. The molecule has 0 bridgehead atoms. The molecule has 3 aromatic heterocycles. The van der Waals surface area contributed by atoms with Gasteiger partial charge in [0.15, 0.2) is 10.7 Å². The number of nitriles is 1. The van der Waals surface area contributed by atoms with E-state index in [0.29, 0.717) is 72.0 Å². The Morgan fingerprint density at radius 2 is 1.98 bits per heavy atom. The van der Waals surface area contributed by atoms with Gasteiger partial charge in [-0.1, -0.05) is 17.4 Å². The third kappa shape index (κ3) is 4.93. The van der Waals surface area contributed by atoms with Gasteiger partial charge in [0.25, 0.3) is 6.43 Å². The second-order valence-electron chi connectivity index (χ2n) is 11.2. The number of hydrogen-bond donors (Lipinski definition) is 2. The van der Waals surface area contributed by atoms with Crippen LogP contribution in [0.3, 0.4) is 0 Å². The topological polar surface area (TPSA) is 159 Å². The van der Waals surface area contributed by atoms with E-state index < -0.39 is 27.0 Å². The third-order valence-electron chi connectivity index (χ3n) is 8.51. The fraction of sp³-hybridized carbons (Fsp3) is 0.481. The van der Waals surface area contributed by atoms with Crippen molar-refractivity contribution in [2.45, 2.75) is 67.3 Å². The van der Waals surface area contributed by atoms with Crippen molar-refractivity contribution in [2.75, 3.05) is 19.6 Å². The fourth-order valence-electron chi connectivity index (χ4n) is 6.08. The van der Waals surface area contributed by atoms with Crippen molar-refractivity contribution < 1.29 is 22.0 Å². The minimum Gasteiger partial charge on any atom is -0.341 e. The lowest BCUT2D eigenvalue weighted by Gasteiger charge is -2.33. The normalized spacial score (nSPS) is 20.7. The Labute approximate surface area is 249 Å². The van der Waals surface area contributed by atoms with Gasteiger partial charge >= 0.3 is 0 Å². The maximum Gasteiger partial charge on any atom is 0.291 e. The molecule has 1 aromatic carbocycles. The van der Waals surface area contributed by atoms with Gasteiger partial charge in [0, 0.05) is 29.8 Å². The Morgan fingerprint density at radius 1 is 1.19 bits per heavy atom. The summed E-state index contributed by atoms with van der Waals surface area (Å²) in [7, 11) is -4.07. The van der Waals surface area contributed by atoms with Crippen LogP contribution in [0.5, 0.6) is 0 Å². The van der Waals surface area contributed by atoms with E-state index in [1.165, 1.54) is 18.5 Å². The second-order valence-corrected chi connectivity index (χ2v) is 13.9. The van der Waals surface area contributed by atoms with Gasteiger partial charge < -0.3 is 10.2 Å². The van der Waals surface area contributed by atoms with Gasteiger partial charge in [0.2, 0.25) is 21.1 Å². The summed E-state index contributed by atoms with van der Waals surface area (Å²) in [6, 6.07) is 6.45. The predicted octanol–water partition coefficient (Wildman–Crippen LogP) is 3.16. The highest BCUT2D eigenvalue weighted by Crippen LogP contribution is 2.41. The number of nitrogens with zero attached hydrogens (tertiary/aromatic N) is 7. The molecule has 224 valence electrons. The second kappa shape index (κ2) is 10.5. The number of rotatable bonds is 7. The van der Waals surface area contributed by atoms with Crippen molar-refractivity contribution in [3.8, 4) is 11.2 Å². The van der Waals surface area contributed by atoms with E-state index in [1.807, 2.05) is 11.0 Å². The average Bonchev–Trinajstić information content (AvgIpc) is 3.39. The number of aromatic nitrogens is 5. The number of nitrogens with one attached hydrogen (secondary N) is 2. The minimum atomic E-state index is -4.07. The number of hydrogen-bond acceptors (Lipinski definition) is 10. The Hall–Kier alpha value is -3.65.